The van der Waals surface area contributed by atoms with E-state index in [1.165, 1.54) is 12.8 Å². The number of aryl methyl sites for hydroxylation is 1. The third-order valence-electron chi connectivity index (χ3n) is 3.75. The molecule has 1 N–H and O–H groups in total. The lowest BCUT2D eigenvalue weighted by molar-refractivity contribution is 0.0954. The van der Waals surface area contributed by atoms with Crippen molar-refractivity contribution < 1.29 is 4.79 Å². The molecule has 1 fully saturated rings. The maximum atomic E-state index is 12.1. The summed E-state index contributed by atoms with van der Waals surface area (Å²) in [6.07, 6.45) is 6.03. The predicted octanol–water partition coefficient (Wildman–Crippen LogP) is 2.77. The van der Waals surface area contributed by atoms with Crippen LogP contribution in [0, 0.1) is 0 Å². The molecule has 1 amide bonds. The van der Waals surface area contributed by atoms with Crippen molar-refractivity contribution in [2.45, 2.75) is 36.6 Å². The Kier molecular flexibility index (Phi) is 5.07. The van der Waals surface area contributed by atoms with Crippen LogP contribution in [0.25, 0.3) is 0 Å². The molecular weight excluding hydrogens is 310 g/mol. The standard InChI is InChI=1S/C16H19N5OS/c1-21-11-17-20-16(21)23-10-12-6-8-13(9-7-12)15(22)19-18-14-4-2-3-5-14/h6-9,11H,2-5,10H2,1H3,(H,19,22). The number of nitrogens with zero attached hydrogens (tertiary/aromatic N) is 4. The van der Waals surface area contributed by atoms with Crippen LogP contribution in [0.5, 0.6) is 0 Å². The highest BCUT2D eigenvalue weighted by atomic mass is 32.2. The van der Waals surface area contributed by atoms with Gasteiger partial charge in [0.1, 0.15) is 6.33 Å². The van der Waals surface area contributed by atoms with E-state index in [1.807, 2.05) is 35.9 Å². The van der Waals surface area contributed by atoms with Gasteiger partial charge in [-0.3, -0.25) is 4.79 Å². The molecule has 0 atom stereocenters. The Morgan fingerprint density at radius 3 is 2.70 bits per heavy atom. The molecule has 1 aliphatic carbocycles. The lowest BCUT2D eigenvalue weighted by atomic mass is 10.1. The van der Waals surface area contributed by atoms with Crippen molar-refractivity contribution in [1.82, 2.24) is 20.2 Å². The normalized spacial score (nSPS) is 14.0. The first-order valence-corrected chi connectivity index (χ1v) is 8.62. The molecule has 23 heavy (non-hydrogen) atoms. The molecule has 6 nitrogen and oxygen atoms in total. The molecule has 7 heteroatoms. The summed E-state index contributed by atoms with van der Waals surface area (Å²) in [6.45, 7) is 0. The molecule has 2 aromatic rings. The van der Waals surface area contributed by atoms with Gasteiger partial charge in [0.15, 0.2) is 5.16 Å². The van der Waals surface area contributed by atoms with Crippen LogP contribution in [0.3, 0.4) is 0 Å². The second kappa shape index (κ2) is 7.41. The Balaban J connectivity index is 1.55. The van der Waals surface area contributed by atoms with Crippen LogP contribution in [0.1, 0.15) is 41.6 Å². The minimum atomic E-state index is -0.156. The van der Waals surface area contributed by atoms with E-state index in [2.05, 4.69) is 20.7 Å². The zero-order valence-electron chi connectivity index (χ0n) is 13.0. The smallest absolute Gasteiger partial charge is 0.271 e. The van der Waals surface area contributed by atoms with Crippen LogP contribution in [0.15, 0.2) is 40.9 Å². The zero-order valence-corrected chi connectivity index (χ0v) is 13.8. The maximum absolute atomic E-state index is 12.1. The van der Waals surface area contributed by atoms with Gasteiger partial charge >= 0.3 is 0 Å². The summed E-state index contributed by atoms with van der Waals surface area (Å²) in [5.41, 5.74) is 5.50. The Morgan fingerprint density at radius 1 is 1.30 bits per heavy atom. The fourth-order valence-corrected chi connectivity index (χ4v) is 3.24. The van der Waals surface area contributed by atoms with Gasteiger partial charge in [-0.25, -0.2) is 5.43 Å². The van der Waals surface area contributed by atoms with E-state index < -0.39 is 0 Å². The first-order chi connectivity index (χ1) is 11.2. The second-order valence-corrected chi connectivity index (χ2v) is 6.48. The molecule has 0 unspecified atom stereocenters. The van der Waals surface area contributed by atoms with Gasteiger partial charge in [-0.1, -0.05) is 23.9 Å². The summed E-state index contributed by atoms with van der Waals surface area (Å²) in [7, 11) is 1.92. The first kappa shape index (κ1) is 15.7. The third kappa shape index (κ3) is 4.19. The van der Waals surface area contributed by atoms with Crippen LogP contribution in [0.4, 0.5) is 0 Å². The van der Waals surface area contributed by atoms with E-state index in [1.54, 1.807) is 18.1 Å². The number of amides is 1. The van der Waals surface area contributed by atoms with E-state index in [9.17, 15) is 4.79 Å². The number of benzene rings is 1. The number of thioether (sulfide) groups is 1. The van der Waals surface area contributed by atoms with E-state index in [0.717, 1.165) is 35.0 Å². The molecule has 3 rings (SSSR count). The summed E-state index contributed by atoms with van der Waals surface area (Å²) in [5.74, 6) is 0.633. The van der Waals surface area contributed by atoms with Crippen LogP contribution < -0.4 is 5.43 Å². The lowest BCUT2D eigenvalue weighted by Gasteiger charge is -2.04. The Morgan fingerprint density at radius 2 is 2.04 bits per heavy atom. The van der Waals surface area contributed by atoms with Gasteiger partial charge in [0.2, 0.25) is 0 Å². The summed E-state index contributed by atoms with van der Waals surface area (Å²) in [6, 6.07) is 7.58. The van der Waals surface area contributed by atoms with E-state index in [-0.39, 0.29) is 5.91 Å². The summed E-state index contributed by atoms with van der Waals surface area (Å²) in [5, 5.41) is 13.0. The van der Waals surface area contributed by atoms with E-state index in [0.29, 0.717) is 5.56 Å². The number of carbonyl (C=O) groups excluding carboxylic acids is 1. The molecule has 1 aliphatic rings. The third-order valence-corrected chi connectivity index (χ3v) is 4.86. The van der Waals surface area contributed by atoms with E-state index in [4.69, 9.17) is 0 Å². The molecule has 120 valence electrons. The van der Waals surface area contributed by atoms with Crippen molar-refractivity contribution in [3.63, 3.8) is 0 Å². The lowest BCUT2D eigenvalue weighted by Crippen LogP contribution is -2.19. The molecule has 0 aliphatic heterocycles. The number of aromatic nitrogens is 3. The SMILES string of the molecule is Cn1cnnc1SCc1ccc(C(=O)NN=C2CCCC2)cc1. The monoisotopic (exact) mass is 329 g/mol. The number of rotatable bonds is 5. The minimum absolute atomic E-state index is 0.156. The largest absolute Gasteiger partial charge is 0.312 e. The number of carbonyl (C=O) groups is 1. The molecule has 0 bridgehead atoms. The van der Waals surface area contributed by atoms with Gasteiger partial charge in [0.05, 0.1) is 0 Å². The van der Waals surface area contributed by atoms with Crippen LogP contribution >= 0.6 is 11.8 Å². The highest BCUT2D eigenvalue weighted by molar-refractivity contribution is 7.98. The van der Waals surface area contributed by atoms with Crippen molar-refractivity contribution in [2.24, 2.45) is 12.1 Å². The average Bonchev–Trinajstić information content (AvgIpc) is 3.23. The number of nitrogens with one attached hydrogen (secondary N) is 1. The first-order valence-electron chi connectivity index (χ1n) is 7.64. The fraction of sp³-hybridized carbons (Fsp3) is 0.375. The topological polar surface area (TPSA) is 72.2 Å². The van der Waals surface area contributed by atoms with E-state index >= 15 is 0 Å². The van der Waals surface area contributed by atoms with Gasteiger partial charge in [0.25, 0.3) is 5.91 Å². The summed E-state index contributed by atoms with van der Waals surface area (Å²) >= 11 is 1.62. The zero-order chi connectivity index (χ0) is 16.1. The van der Waals surface area contributed by atoms with Crippen LogP contribution in [-0.4, -0.2) is 26.4 Å². The van der Waals surface area contributed by atoms with Gasteiger partial charge in [0, 0.05) is 24.1 Å². The van der Waals surface area contributed by atoms with Gasteiger partial charge in [-0.15, -0.1) is 10.2 Å². The molecule has 1 heterocycles. The van der Waals surface area contributed by atoms with Gasteiger partial charge in [-0.2, -0.15) is 5.10 Å². The van der Waals surface area contributed by atoms with Gasteiger partial charge < -0.3 is 4.57 Å². The highest BCUT2D eigenvalue weighted by Crippen LogP contribution is 2.20. The van der Waals surface area contributed by atoms with Crippen molar-refractivity contribution in [3.05, 3.63) is 41.7 Å². The second-order valence-electron chi connectivity index (χ2n) is 5.54. The Labute approximate surface area is 139 Å². The highest BCUT2D eigenvalue weighted by Gasteiger charge is 2.10. The molecule has 1 saturated carbocycles. The Bertz CT molecular complexity index is 700. The van der Waals surface area contributed by atoms with Crippen molar-refractivity contribution in [1.29, 1.82) is 0 Å². The van der Waals surface area contributed by atoms with Crippen LogP contribution in [0.2, 0.25) is 0 Å². The fourth-order valence-electron chi connectivity index (χ4n) is 2.39. The Hall–Kier alpha value is -2.15. The molecular formula is C16H19N5OS. The molecule has 1 aromatic heterocycles. The molecule has 1 aromatic carbocycles. The maximum Gasteiger partial charge on any atom is 0.271 e. The molecule has 0 saturated heterocycles. The summed E-state index contributed by atoms with van der Waals surface area (Å²) < 4.78 is 1.88. The quantitative estimate of drug-likeness (QED) is 0.676. The average molecular weight is 329 g/mol. The number of hydrogen-bond donors (Lipinski definition) is 1. The van der Waals surface area contributed by atoms with Crippen LogP contribution in [-0.2, 0) is 12.8 Å². The van der Waals surface area contributed by atoms with Gasteiger partial charge in [-0.05, 0) is 43.4 Å². The van der Waals surface area contributed by atoms with Crippen molar-refractivity contribution >= 4 is 23.4 Å². The predicted molar refractivity (Wildman–Crippen MR) is 90.4 cm³/mol. The minimum Gasteiger partial charge on any atom is -0.312 e. The van der Waals surface area contributed by atoms with Crippen molar-refractivity contribution in [2.75, 3.05) is 0 Å². The number of hydrazone groups is 1. The molecule has 0 radical (unpaired) electrons. The summed E-state index contributed by atoms with van der Waals surface area (Å²) in [4.78, 5) is 12.1. The number of hydrogen-bond acceptors (Lipinski definition) is 5. The molecule has 0 spiro atoms. The van der Waals surface area contributed by atoms with Crippen molar-refractivity contribution in [3.8, 4) is 0 Å².